The molecule has 25 heavy (non-hydrogen) atoms. The highest BCUT2D eigenvalue weighted by molar-refractivity contribution is 6.29. The molecule has 0 N–H and O–H groups in total. The van der Waals surface area contributed by atoms with Crippen molar-refractivity contribution in [2.75, 3.05) is 13.1 Å². The molecule has 0 aliphatic carbocycles. The Morgan fingerprint density at radius 3 is 2.56 bits per heavy atom. The van der Waals surface area contributed by atoms with Crippen molar-refractivity contribution in [2.45, 2.75) is 24.9 Å². The topological polar surface area (TPSA) is 66.2 Å². The van der Waals surface area contributed by atoms with Gasteiger partial charge in [-0.3, -0.25) is 0 Å². The van der Waals surface area contributed by atoms with Crippen LogP contribution in [0.1, 0.15) is 24.0 Å². The van der Waals surface area contributed by atoms with Crippen LogP contribution in [0.4, 0.5) is 4.79 Å². The number of likely N-dealkylation sites (tertiary alicyclic amines) is 1. The highest BCUT2D eigenvalue weighted by atomic mass is 35.5. The number of piperidine rings is 1. The number of hydrogen-bond acceptors (Lipinski definition) is 4. The Bertz CT molecular complexity index is 764. The molecule has 1 aromatic heterocycles. The van der Waals surface area contributed by atoms with Crippen molar-refractivity contribution in [3.05, 3.63) is 64.9 Å². The van der Waals surface area contributed by atoms with Gasteiger partial charge in [-0.2, -0.15) is 5.26 Å². The number of nitrogens with zero attached hydrogens (tertiary/aromatic N) is 3. The summed E-state index contributed by atoms with van der Waals surface area (Å²) in [5.74, 6) is 0. The summed E-state index contributed by atoms with van der Waals surface area (Å²) in [6.07, 6.45) is 2.40. The minimum atomic E-state index is -0.631. The maximum atomic E-state index is 12.2. The van der Waals surface area contributed by atoms with E-state index in [0.29, 0.717) is 31.1 Å². The van der Waals surface area contributed by atoms with Crippen LogP contribution in [-0.2, 0) is 16.8 Å². The summed E-state index contributed by atoms with van der Waals surface area (Å²) >= 11 is 5.83. The molecule has 1 amide bonds. The van der Waals surface area contributed by atoms with E-state index in [2.05, 4.69) is 11.1 Å². The fraction of sp³-hybridized carbons (Fsp3) is 0.316. The van der Waals surface area contributed by atoms with Crippen LogP contribution in [0, 0.1) is 11.3 Å². The number of carbonyl (C=O) groups is 1. The zero-order valence-corrected chi connectivity index (χ0v) is 14.4. The van der Waals surface area contributed by atoms with Gasteiger partial charge in [0.1, 0.15) is 11.8 Å². The largest absolute Gasteiger partial charge is 0.445 e. The van der Waals surface area contributed by atoms with Gasteiger partial charge in [0.05, 0.1) is 11.5 Å². The number of amides is 1. The van der Waals surface area contributed by atoms with Gasteiger partial charge in [-0.25, -0.2) is 9.78 Å². The standard InChI is InChI=1S/C19H18ClN3O2/c20-17-7-6-16(12-22-17)19(14-21)8-10-23(11-9-19)18(24)25-13-15-4-2-1-3-5-15/h1-7,12H,8-11,13H2. The van der Waals surface area contributed by atoms with Gasteiger partial charge >= 0.3 is 6.09 Å². The second-order valence-corrected chi connectivity index (χ2v) is 6.48. The van der Waals surface area contributed by atoms with Crippen molar-refractivity contribution in [3.8, 4) is 6.07 Å². The molecule has 1 aliphatic heterocycles. The summed E-state index contributed by atoms with van der Waals surface area (Å²) in [6, 6.07) is 15.5. The summed E-state index contributed by atoms with van der Waals surface area (Å²) in [5.41, 5.74) is 1.16. The van der Waals surface area contributed by atoms with Gasteiger partial charge in [0.15, 0.2) is 0 Å². The van der Waals surface area contributed by atoms with Gasteiger partial charge in [-0.05, 0) is 30.0 Å². The summed E-state index contributed by atoms with van der Waals surface area (Å²) in [6.45, 7) is 1.20. The maximum absolute atomic E-state index is 12.2. The van der Waals surface area contributed by atoms with E-state index in [-0.39, 0.29) is 12.7 Å². The minimum Gasteiger partial charge on any atom is -0.445 e. The molecule has 1 saturated heterocycles. The van der Waals surface area contributed by atoms with Gasteiger partial charge in [-0.15, -0.1) is 0 Å². The van der Waals surface area contributed by atoms with Crippen LogP contribution in [0.5, 0.6) is 0 Å². The average Bonchev–Trinajstić information content (AvgIpc) is 2.67. The maximum Gasteiger partial charge on any atom is 0.410 e. The fourth-order valence-electron chi connectivity index (χ4n) is 3.01. The van der Waals surface area contributed by atoms with Crippen LogP contribution < -0.4 is 0 Å². The number of pyridine rings is 1. The SMILES string of the molecule is N#CC1(c2ccc(Cl)nc2)CCN(C(=O)OCc2ccccc2)CC1. The molecular formula is C19H18ClN3O2. The lowest BCUT2D eigenvalue weighted by Crippen LogP contribution is -2.44. The zero-order valence-electron chi connectivity index (χ0n) is 13.7. The minimum absolute atomic E-state index is 0.251. The molecule has 0 saturated carbocycles. The summed E-state index contributed by atoms with van der Waals surface area (Å²) in [5, 5.41) is 10.1. The number of carbonyl (C=O) groups excluding carboxylic acids is 1. The summed E-state index contributed by atoms with van der Waals surface area (Å²) in [4.78, 5) is 18.0. The van der Waals surface area contributed by atoms with Crippen LogP contribution in [0.3, 0.4) is 0 Å². The van der Waals surface area contributed by atoms with Crippen LogP contribution >= 0.6 is 11.6 Å². The number of ether oxygens (including phenoxy) is 1. The van der Waals surface area contributed by atoms with Gasteiger partial charge in [0, 0.05) is 19.3 Å². The van der Waals surface area contributed by atoms with Crippen molar-refractivity contribution in [3.63, 3.8) is 0 Å². The van der Waals surface area contributed by atoms with Crippen LogP contribution in [0.15, 0.2) is 48.7 Å². The Balaban J connectivity index is 1.59. The Morgan fingerprint density at radius 1 is 1.24 bits per heavy atom. The van der Waals surface area contributed by atoms with E-state index in [1.807, 2.05) is 36.4 Å². The Hall–Kier alpha value is -2.58. The van der Waals surface area contributed by atoms with Crippen molar-refractivity contribution >= 4 is 17.7 Å². The van der Waals surface area contributed by atoms with E-state index in [0.717, 1.165) is 11.1 Å². The highest BCUT2D eigenvalue weighted by Crippen LogP contribution is 2.35. The van der Waals surface area contributed by atoms with Crippen molar-refractivity contribution in [1.82, 2.24) is 9.88 Å². The van der Waals surface area contributed by atoms with E-state index >= 15 is 0 Å². The number of nitriles is 1. The predicted octanol–water partition coefficient (Wildman–Crippen LogP) is 3.93. The number of halogens is 1. The molecule has 0 atom stereocenters. The van der Waals surface area contributed by atoms with Crippen LogP contribution in [-0.4, -0.2) is 29.1 Å². The molecule has 2 aromatic rings. The van der Waals surface area contributed by atoms with Crippen LogP contribution in [0.25, 0.3) is 0 Å². The Kier molecular flexibility index (Phi) is 5.20. The van der Waals surface area contributed by atoms with Gasteiger partial charge in [0.25, 0.3) is 0 Å². The smallest absolute Gasteiger partial charge is 0.410 e. The molecule has 0 bridgehead atoms. The summed E-state index contributed by atoms with van der Waals surface area (Å²) < 4.78 is 5.37. The quantitative estimate of drug-likeness (QED) is 0.782. The van der Waals surface area contributed by atoms with Gasteiger partial charge in [0.2, 0.25) is 0 Å². The lowest BCUT2D eigenvalue weighted by atomic mass is 9.75. The Labute approximate surface area is 151 Å². The molecule has 3 rings (SSSR count). The second-order valence-electron chi connectivity index (χ2n) is 6.09. The number of benzene rings is 1. The number of rotatable bonds is 3. The van der Waals surface area contributed by atoms with Crippen molar-refractivity contribution in [2.24, 2.45) is 0 Å². The normalized spacial score (nSPS) is 16.1. The lowest BCUT2D eigenvalue weighted by molar-refractivity contribution is 0.0826. The third kappa shape index (κ3) is 3.92. The number of hydrogen-bond donors (Lipinski definition) is 0. The molecule has 6 heteroatoms. The third-order valence-corrected chi connectivity index (χ3v) is 4.80. The molecule has 1 fully saturated rings. The highest BCUT2D eigenvalue weighted by Gasteiger charge is 2.38. The van der Waals surface area contributed by atoms with E-state index < -0.39 is 5.41 Å². The van der Waals surface area contributed by atoms with E-state index in [4.69, 9.17) is 16.3 Å². The Morgan fingerprint density at radius 2 is 1.96 bits per heavy atom. The van der Waals surface area contributed by atoms with Crippen molar-refractivity contribution < 1.29 is 9.53 Å². The summed E-state index contributed by atoms with van der Waals surface area (Å²) in [7, 11) is 0. The first-order chi connectivity index (χ1) is 12.1. The predicted molar refractivity (Wildman–Crippen MR) is 94.0 cm³/mol. The average molecular weight is 356 g/mol. The lowest BCUT2D eigenvalue weighted by Gasteiger charge is -2.36. The first-order valence-electron chi connectivity index (χ1n) is 8.12. The molecule has 1 aromatic carbocycles. The molecule has 1 aliphatic rings. The molecule has 128 valence electrons. The first kappa shape index (κ1) is 17.2. The fourth-order valence-corrected chi connectivity index (χ4v) is 3.12. The molecule has 0 unspecified atom stereocenters. The molecular weight excluding hydrogens is 338 g/mol. The van der Waals surface area contributed by atoms with E-state index in [9.17, 15) is 10.1 Å². The second kappa shape index (κ2) is 7.54. The molecule has 0 spiro atoms. The first-order valence-corrected chi connectivity index (χ1v) is 8.50. The van der Waals surface area contributed by atoms with E-state index in [1.165, 1.54) is 0 Å². The van der Waals surface area contributed by atoms with Gasteiger partial charge in [-0.1, -0.05) is 48.0 Å². The van der Waals surface area contributed by atoms with Crippen molar-refractivity contribution in [1.29, 1.82) is 5.26 Å². The number of aromatic nitrogens is 1. The third-order valence-electron chi connectivity index (χ3n) is 4.57. The monoisotopic (exact) mass is 355 g/mol. The van der Waals surface area contributed by atoms with Gasteiger partial charge < -0.3 is 9.64 Å². The molecule has 5 nitrogen and oxygen atoms in total. The van der Waals surface area contributed by atoms with E-state index in [1.54, 1.807) is 17.2 Å². The molecule has 0 radical (unpaired) electrons. The van der Waals surface area contributed by atoms with Crippen LogP contribution in [0.2, 0.25) is 5.15 Å². The molecule has 2 heterocycles. The zero-order chi connectivity index (χ0) is 17.7.